The number of benzene rings is 1. The molecule has 0 spiro atoms. The zero-order chi connectivity index (χ0) is 10.6. The van der Waals surface area contributed by atoms with Gasteiger partial charge in [0.1, 0.15) is 6.29 Å². The van der Waals surface area contributed by atoms with Crippen LogP contribution in [0.2, 0.25) is 0 Å². The van der Waals surface area contributed by atoms with Gasteiger partial charge in [-0.05, 0) is 12.1 Å². The Hall–Kier alpha value is -1.64. The number of ketones is 1. The number of Topliss-reactive ketones (excluding diaryl/α,β-unsaturated/α-hetero) is 1. The van der Waals surface area contributed by atoms with Gasteiger partial charge >= 0.3 is 0 Å². The Balaban J connectivity index is 3.06. The van der Waals surface area contributed by atoms with Crippen LogP contribution in [0.5, 0.6) is 0 Å². The van der Waals surface area contributed by atoms with Crippen molar-refractivity contribution in [2.75, 3.05) is 19.0 Å². The Kier molecular flexibility index (Phi) is 3.40. The Bertz CT molecular complexity index is 345. The van der Waals surface area contributed by atoms with Crippen LogP contribution in [0.1, 0.15) is 16.8 Å². The fraction of sp³-hybridized carbons (Fsp3) is 0.273. The van der Waals surface area contributed by atoms with Crippen LogP contribution in [0.4, 0.5) is 5.69 Å². The molecule has 0 radical (unpaired) electrons. The van der Waals surface area contributed by atoms with Crippen molar-refractivity contribution in [3.8, 4) is 0 Å². The Morgan fingerprint density at radius 2 is 2.00 bits per heavy atom. The maximum atomic E-state index is 11.5. The highest BCUT2D eigenvalue weighted by Gasteiger charge is 2.10. The summed E-state index contributed by atoms with van der Waals surface area (Å²) in [7, 11) is 3.74. The predicted molar refractivity (Wildman–Crippen MR) is 55.8 cm³/mol. The van der Waals surface area contributed by atoms with Gasteiger partial charge in [0.25, 0.3) is 0 Å². The van der Waals surface area contributed by atoms with E-state index in [1.807, 2.05) is 31.1 Å². The van der Waals surface area contributed by atoms with Gasteiger partial charge in [0.2, 0.25) is 0 Å². The van der Waals surface area contributed by atoms with Gasteiger partial charge in [-0.2, -0.15) is 0 Å². The lowest BCUT2D eigenvalue weighted by Gasteiger charge is -2.15. The van der Waals surface area contributed by atoms with Gasteiger partial charge in [-0.15, -0.1) is 0 Å². The molecule has 0 unspecified atom stereocenters. The normalized spacial score (nSPS) is 9.57. The summed E-state index contributed by atoms with van der Waals surface area (Å²) in [5.41, 5.74) is 1.45. The number of anilines is 1. The second-order valence-electron chi connectivity index (χ2n) is 3.21. The van der Waals surface area contributed by atoms with Crippen molar-refractivity contribution in [3.05, 3.63) is 29.8 Å². The zero-order valence-electron chi connectivity index (χ0n) is 8.36. The minimum Gasteiger partial charge on any atom is -0.377 e. The number of carbonyl (C=O) groups excluding carboxylic acids is 2. The second kappa shape index (κ2) is 4.56. The molecular weight excluding hydrogens is 178 g/mol. The first kappa shape index (κ1) is 10.4. The molecule has 3 nitrogen and oxygen atoms in total. The number of rotatable bonds is 4. The zero-order valence-corrected chi connectivity index (χ0v) is 8.36. The summed E-state index contributed by atoms with van der Waals surface area (Å²) < 4.78 is 0. The van der Waals surface area contributed by atoms with E-state index in [1.54, 1.807) is 12.1 Å². The molecule has 3 heteroatoms. The first-order chi connectivity index (χ1) is 6.66. The molecule has 1 rings (SSSR count). The number of aldehydes is 1. The third-order valence-electron chi connectivity index (χ3n) is 1.95. The lowest BCUT2D eigenvalue weighted by Crippen LogP contribution is -2.13. The average Bonchev–Trinajstić information content (AvgIpc) is 2.18. The van der Waals surface area contributed by atoms with Gasteiger partial charge in [-0.3, -0.25) is 4.79 Å². The molecule has 0 aliphatic heterocycles. The van der Waals surface area contributed by atoms with Crippen LogP contribution in [-0.2, 0) is 4.79 Å². The van der Waals surface area contributed by atoms with E-state index in [1.165, 1.54) is 0 Å². The summed E-state index contributed by atoms with van der Waals surface area (Å²) in [4.78, 5) is 23.6. The minimum atomic E-state index is -0.135. The van der Waals surface area contributed by atoms with Gasteiger partial charge in [-0.25, -0.2) is 0 Å². The molecule has 1 aromatic rings. The van der Waals surface area contributed by atoms with Gasteiger partial charge in [-0.1, -0.05) is 12.1 Å². The highest BCUT2D eigenvalue weighted by Crippen LogP contribution is 2.18. The fourth-order valence-electron chi connectivity index (χ4n) is 1.29. The Labute approximate surface area is 83.3 Å². The summed E-state index contributed by atoms with van der Waals surface area (Å²) in [6, 6.07) is 7.26. The van der Waals surface area contributed by atoms with Crippen LogP contribution in [0.3, 0.4) is 0 Å². The fourth-order valence-corrected chi connectivity index (χ4v) is 1.29. The van der Waals surface area contributed by atoms with E-state index in [-0.39, 0.29) is 12.2 Å². The molecule has 0 aliphatic rings. The van der Waals surface area contributed by atoms with Crippen molar-refractivity contribution in [3.63, 3.8) is 0 Å². The summed E-state index contributed by atoms with van der Waals surface area (Å²) in [5, 5.41) is 0. The molecule has 0 atom stereocenters. The van der Waals surface area contributed by atoms with Crippen molar-refractivity contribution in [1.29, 1.82) is 0 Å². The highest BCUT2D eigenvalue weighted by atomic mass is 16.1. The van der Waals surface area contributed by atoms with Gasteiger partial charge < -0.3 is 9.69 Å². The summed E-state index contributed by atoms with van der Waals surface area (Å²) in [6.07, 6.45) is 0.583. The molecule has 0 N–H and O–H groups in total. The summed E-state index contributed by atoms with van der Waals surface area (Å²) in [5.74, 6) is -0.135. The Morgan fingerprint density at radius 3 is 2.57 bits per heavy atom. The van der Waals surface area contributed by atoms with E-state index in [0.29, 0.717) is 11.8 Å². The van der Waals surface area contributed by atoms with Gasteiger partial charge in [0.05, 0.1) is 6.42 Å². The Morgan fingerprint density at radius 1 is 1.36 bits per heavy atom. The van der Waals surface area contributed by atoms with Crippen LogP contribution >= 0.6 is 0 Å². The van der Waals surface area contributed by atoms with E-state index < -0.39 is 0 Å². The second-order valence-corrected chi connectivity index (χ2v) is 3.21. The molecule has 0 aromatic heterocycles. The SMILES string of the molecule is CN(C)c1ccccc1C(=O)CC=O. The summed E-state index contributed by atoms with van der Waals surface area (Å²) in [6.45, 7) is 0. The molecule has 0 amide bonds. The minimum absolute atomic E-state index is 0.0507. The molecule has 0 bridgehead atoms. The molecule has 74 valence electrons. The average molecular weight is 191 g/mol. The number of para-hydroxylation sites is 1. The molecule has 1 aromatic carbocycles. The maximum Gasteiger partial charge on any atom is 0.172 e. The van der Waals surface area contributed by atoms with Crippen molar-refractivity contribution in [2.24, 2.45) is 0 Å². The molecule has 14 heavy (non-hydrogen) atoms. The quantitative estimate of drug-likeness (QED) is 0.411. The lowest BCUT2D eigenvalue weighted by atomic mass is 10.1. The maximum absolute atomic E-state index is 11.5. The first-order valence-corrected chi connectivity index (χ1v) is 4.40. The van der Waals surface area contributed by atoms with E-state index in [4.69, 9.17) is 0 Å². The predicted octanol–water partition coefficient (Wildman–Crippen LogP) is 1.52. The molecule has 0 aliphatic carbocycles. The van der Waals surface area contributed by atoms with Crippen LogP contribution in [-0.4, -0.2) is 26.2 Å². The molecule has 0 saturated carbocycles. The van der Waals surface area contributed by atoms with Crippen LogP contribution in [0, 0.1) is 0 Å². The highest BCUT2D eigenvalue weighted by molar-refractivity contribution is 6.06. The van der Waals surface area contributed by atoms with E-state index in [2.05, 4.69) is 0 Å². The third-order valence-corrected chi connectivity index (χ3v) is 1.95. The van der Waals surface area contributed by atoms with Crippen LogP contribution in [0.25, 0.3) is 0 Å². The first-order valence-electron chi connectivity index (χ1n) is 4.40. The topological polar surface area (TPSA) is 37.4 Å². The standard InChI is InChI=1S/C11H13NO2/c1-12(2)10-6-4-3-5-9(10)11(14)7-8-13/h3-6,8H,7H2,1-2H3. The van der Waals surface area contributed by atoms with Crippen molar-refractivity contribution in [1.82, 2.24) is 0 Å². The number of nitrogens with zero attached hydrogens (tertiary/aromatic N) is 1. The van der Waals surface area contributed by atoms with Crippen LogP contribution < -0.4 is 4.90 Å². The largest absolute Gasteiger partial charge is 0.377 e. The van der Waals surface area contributed by atoms with E-state index >= 15 is 0 Å². The summed E-state index contributed by atoms with van der Waals surface area (Å²) >= 11 is 0. The smallest absolute Gasteiger partial charge is 0.172 e. The van der Waals surface area contributed by atoms with Crippen molar-refractivity contribution < 1.29 is 9.59 Å². The molecular formula is C11H13NO2. The van der Waals surface area contributed by atoms with Gasteiger partial charge in [0.15, 0.2) is 5.78 Å². The van der Waals surface area contributed by atoms with Crippen molar-refractivity contribution >= 4 is 17.8 Å². The molecule has 0 fully saturated rings. The van der Waals surface area contributed by atoms with Crippen molar-refractivity contribution in [2.45, 2.75) is 6.42 Å². The van der Waals surface area contributed by atoms with Crippen LogP contribution in [0.15, 0.2) is 24.3 Å². The lowest BCUT2D eigenvalue weighted by molar-refractivity contribution is -0.107. The molecule has 0 heterocycles. The number of hydrogen-bond donors (Lipinski definition) is 0. The van der Waals surface area contributed by atoms with Gasteiger partial charge in [0, 0.05) is 25.3 Å². The van der Waals surface area contributed by atoms with E-state index in [9.17, 15) is 9.59 Å². The van der Waals surface area contributed by atoms with E-state index in [0.717, 1.165) is 5.69 Å². The number of hydrogen-bond acceptors (Lipinski definition) is 3. The monoisotopic (exact) mass is 191 g/mol. The third kappa shape index (κ3) is 2.19. The number of carbonyl (C=O) groups is 2. The molecule has 0 saturated heterocycles.